The Labute approximate surface area is 110 Å². The monoisotopic (exact) mass is 293 g/mol. The second-order valence-corrected chi connectivity index (χ2v) is 6.63. The van der Waals surface area contributed by atoms with Crippen molar-refractivity contribution >= 4 is 27.3 Å². The highest BCUT2D eigenvalue weighted by Crippen LogP contribution is 2.21. The number of methoxy groups -OCH3 is 1. The molecule has 0 fully saturated rings. The molecule has 0 aromatic carbocycles. The van der Waals surface area contributed by atoms with Gasteiger partial charge in [-0.3, -0.25) is 0 Å². The fraction of sp³-hybridized carbons (Fsp3) is 0.500. The first-order valence-electron chi connectivity index (χ1n) is 5.25. The number of hydrogen-bond donors (Lipinski definition) is 2. The largest absolute Gasteiger partial charge is 0.477 e. The molecule has 1 atom stereocenters. The molecular weight excluding hydrogens is 278 g/mol. The summed E-state index contributed by atoms with van der Waals surface area (Å²) in [5.41, 5.74) is 0. The maximum Gasteiger partial charge on any atom is 0.345 e. The van der Waals surface area contributed by atoms with Crippen LogP contribution < -0.4 is 4.72 Å². The maximum absolute atomic E-state index is 12.0. The van der Waals surface area contributed by atoms with Crippen LogP contribution in [-0.2, 0) is 14.8 Å². The van der Waals surface area contributed by atoms with Gasteiger partial charge in [-0.1, -0.05) is 6.92 Å². The molecule has 0 saturated heterocycles. The molecule has 0 aliphatic rings. The van der Waals surface area contributed by atoms with Crippen molar-refractivity contribution in [2.45, 2.75) is 23.6 Å². The van der Waals surface area contributed by atoms with Gasteiger partial charge in [0.15, 0.2) is 0 Å². The van der Waals surface area contributed by atoms with E-state index in [1.165, 1.54) is 19.2 Å². The molecule has 1 heterocycles. The van der Waals surface area contributed by atoms with Gasteiger partial charge in [0.1, 0.15) is 9.09 Å². The zero-order valence-electron chi connectivity index (χ0n) is 10.0. The van der Waals surface area contributed by atoms with Crippen LogP contribution in [0.5, 0.6) is 0 Å². The molecule has 0 aliphatic heterocycles. The molecular formula is C10H15NO5S2. The van der Waals surface area contributed by atoms with Crippen molar-refractivity contribution in [3.63, 3.8) is 0 Å². The molecule has 0 amide bonds. The van der Waals surface area contributed by atoms with Crippen molar-refractivity contribution < 1.29 is 23.1 Å². The number of rotatable bonds is 7. The normalized spacial score (nSPS) is 13.4. The van der Waals surface area contributed by atoms with E-state index in [4.69, 9.17) is 9.84 Å². The molecule has 6 nitrogen and oxygen atoms in total. The summed E-state index contributed by atoms with van der Waals surface area (Å²) >= 11 is 0.728. The van der Waals surface area contributed by atoms with Crippen LogP contribution in [0.25, 0.3) is 0 Å². The topological polar surface area (TPSA) is 92.7 Å². The fourth-order valence-electron chi connectivity index (χ4n) is 1.29. The number of carboxylic acid groups (broad SMARTS) is 1. The summed E-state index contributed by atoms with van der Waals surface area (Å²) in [5.74, 6) is -1.13. The third kappa shape index (κ3) is 3.77. The smallest absolute Gasteiger partial charge is 0.345 e. The molecule has 2 N–H and O–H groups in total. The standard InChI is InChI=1S/C10H15NO5S2/c1-3-7(6-16-2)11-18(14,15)9-5-4-8(17-9)10(12)13/h4-5,7,11H,3,6H2,1-2H3,(H,12,13). The van der Waals surface area contributed by atoms with Crippen LogP contribution in [-0.4, -0.2) is 39.3 Å². The lowest BCUT2D eigenvalue weighted by atomic mass is 10.3. The van der Waals surface area contributed by atoms with E-state index in [-0.39, 0.29) is 21.7 Å². The van der Waals surface area contributed by atoms with Crippen LogP contribution in [0.2, 0.25) is 0 Å². The van der Waals surface area contributed by atoms with Crippen molar-refractivity contribution in [2.75, 3.05) is 13.7 Å². The van der Waals surface area contributed by atoms with E-state index in [0.29, 0.717) is 6.42 Å². The molecule has 0 saturated carbocycles. The van der Waals surface area contributed by atoms with Gasteiger partial charge in [-0.2, -0.15) is 0 Å². The summed E-state index contributed by atoms with van der Waals surface area (Å²) in [7, 11) is -2.19. The van der Waals surface area contributed by atoms with Crippen LogP contribution >= 0.6 is 11.3 Å². The third-order valence-electron chi connectivity index (χ3n) is 2.24. The van der Waals surface area contributed by atoms with E-state index >= 15 is 0 Å². The highest BCUT2D eigenvalue weighted by molar-refractivity contribution is 7.91. The summed E-state index contributed by atoms with van der Waals surface area (Å²) in [5, 5.41) is 8.75. The lowest BCUT2D eigenvalue weighted by Gasteiger charge is -2.14. The number of carboxylic acids is 1. The number of sulfonamides is 1. The lowest BCUT2D eigenvalue weighted by molar-refractivity contribution is 0.0702. The lowest BCUT2D eigenvalue weighted by Crippen LogP contribution is -2.37. The minimum atomic E-state index is -3.68. The molecule has 8 heteroatoms. The predicted octanol–water partition coefficient (Wildman–Crippen LogP) is 1.15. The average Bonchev–Trinajstić information content (AvgIpc) is 2.78. The van der Waals surface area contributed by atoms with Gasteiger partial charge in [-0.05, 0) is 18.6 Å². The first kappa shape index (κ1) is 15.1. The average molecular weight is 293 g/mol. The maximum atomic E-state index is 12.0. The molecule has 0 aliphatic carbocycles. The van der Waals surface area contributed by atoms with Gasteiger partial charge in [0.2, 0.25) is 10.0 Å². The van der Waals surface area contributed by atoms with E-state index in [9.17, 15) is 13.2 Å². The zero-order chi connectivity index (χ0) is 13.8. The minimum Gasteiger partial charge on any atom is -0.477 e. The number of aromatic carboxylic acids is 1. The molecule has 102 valence electrons. The van der Waals surface area contributed by atoms with Crippen molar-refractivity contribution in [1.29, 1.82) is 0 Å². The Morgan fingerprint density at radius 2 is 2.22 bits per heavy atom. The first-order chi connectivity index (χ1) is 8.40. The molecule has 0 bridgehead atoms. The van der Waals surface area contributed by atoms with Crippen LogP contribution in [0.3, 0.4) is 0 Å². The number of ether oxygens (including phenoxy) is 1. The van der Waals surface area contributed by atoms with Crippen molar-refractivity contribution in [3.05, 3.63) is 17.0 Å². The Morgan fingerprint density at radius 3 is 2.67 bits per heavy atom. The highest BCUT2D eigenvalue weighted by Gasteiger charge is 2.22. The predicted molar refractivity (Wildman–Crippen MR) is 67.6 cm³/mol. The summed E-state index contributed by atoms with van der Waals surface area (Å²) in [4.78, 5) is 10.7. The molecule has 1 rings (SSSR count). The third-order valence-corrected chi connectivity index (χ3v) is 5.33. The van der Waals surface area contributed by atoms with E-state index in [1.807, 2.05) is 6.92 Å². The number of thiophene rings is 1. The molecule has 1 aromatic heterocycles. The highest BCUT2D eigenvalue weighted by atomic mass is 32.2. The number of carbonyl (C=O) groups is 1. The van der Waals surface area contributed by atoms with Crippen LogP contribution in [0.15, 0.2) is 16.3 Å². The van der Waals surface area contributed by atoms with Gasteiger partial charge in [-0.15, -0.1) is 11.3 Å². The van der Waals surface area contributed by atoms with Crippen molar-refractivity contribution in [1.82, 2.24) is 4.72 Å². The summed E-state index contributed by atoms with van der Waals surface area (Å²) in [6, 6.07) is 2.24. The van der Waals surface area contributed by atoms with E-state index in [0.717, 1.165) is 11.3 Å². The van der Waals surface area contributed by atoms with Gasteiger partial charge in [-0.25, -0.2) is 17.9 Å². The Kier molecular flexibility index (Phi) is 5.27. The molecule has 1 unspecified atom stereocenters. The summed E-state index contributed by atoms with van der Waals surface area (Å²) < 4.78 is 31.3. The van der Waals surface area contributed by atoms with Crippen molar-refractivity contribution in [2.24, 2.45) is 0 Å². The van der Waals surface area contributed by atoms with Crippen LogP contribution in [0, 0.1) is 0 Å². The molecule has 1 aromatic rings. The quantitative estimate of drug-likeness (QED) is 0.786. The molecule has 0 radical (unpaired) electrons. The van der Waals surface area contributed by atoms with Gasteiger partial charge >= 0.3 is 5.97 Å². The second-order valence-electron chi connectivity index (χ2n) is 3.61. The number of hydrogen-bond acceptors (Lipinski definition) is 5. The Morgan fingerprint density at radius 1 is 1.56 bits per heavy atom. The van der Waals surface area contributed by atoms with E-state index in [1.54, 1.807) is 0 Å². The second kappa shape index (κ2) is 6.28. The van der Waals surface area contributed by atoms with E-state index in [2.05, 4.69) is 4.72 Å². The Bertz CT molecular complexity index is 508. The Hall–Kier alpha value is -0.960. The molecule has 18 heavy (non-hydrogen) atoms. The number of nitrogens with one attached hydrogen (secondary N) is 1. The SMILES string of the molecule is CCC(COC)NS(=O)(=O)c1ccc(C(=O)O)s1. The van der Waals surface area contributed by atoms with Gasteiger partial charge < -0.3 is 9.84 Å². The van der Waals surface area contributed by atoms with Gasteiger partial charge in [0, 0.05) is 13.2 Å². The van der Waals surface area contributed by atoms with E-state index < -0.39 is 16.0 Å². The summed E-state index contributed by atoms with van der Waals surface area (Å²) in [6.07, 6.45) is 0.588. The summed E-state index contributed by atoms with van der Waals surface area (Å²) in [6.45, 7) is 2.11. The minimum absolute atomic E-state index is 0.00448. The van der Waals surface area contributed by atoms with Crippen LogP contribution in [0.1, 0.15) is 23.0 Å². The van der Waals surface area contributed by atoms with Gasteiger partial charge in [0.25, 0.3) is 0 Å². The Balaban J connectivity index is 2.88. The van der Waals surface area contributed by atoms with Crippen molar-refractivity contribution in [3.8, 4) is 0 Å². The van der Waals surface area contributed by atoms with Crippen LogP contribution in [0.4, 0.5) is 0 Å². The fourth-order valence-corrected chi connectivity index (χ4v) is 3.76. The first-order valence-corrected chi connectivity index (χ1v) is 7.55. The van der Waals surface area contributed by atoms with Gasteiger partial charge in [0.05, 0.1) is 6.61 Å². The zero-order valence-corrected chi connectivity index (χ0v) is 11.7. The molecule has 0 spiro atoms.